The van der Waals surface area contributed by atoms with E-state index in [2.05, 4.69) is 33.4 Å². The van der Waals surface area contributed by atoms with Gasteiger partial charge in [-0.3, -0.25) is 0 Å². The van der Waals surface area contributed by atoms with Gasteiger partial charge in [-0.05, 0) is 44.0 Å². The van der Waals surface area contributed by atoms with Crippen LogP contribution < -0.4 is 5.32 Å². The fourth-order valence-corrected chi connectivity index (χ4v) is 3.61. The molecule has 0 amide bonds. The van der Waals surface area contributed by atoms with Crippen LogP contribution >= 0.6 is 11.3 Å². The van der Waals surface area contributed by atoms with Crippen molar-refractivity contribution in [2.75, 3.05) is 38.1 Å². The Kier molecular flexibility index (Phi) is 4.50. The molecule has 1 aliphatic rings. The highest BCUT2D eigenvalue weighted by Gasteiger charge is 2.18. The molecule has 1 aromatic heterocycles. The van der Waals surface area contributed by atoms with E-state index in [4.69, 9.17) is 5.11 Å². The van der Waals surface area contributed by atoms with Crippen LogP contribution in [-0.2, 0) is 0 Å². The third-order valence-electron chi connectivity index (χ3n) is 3.96. The summed E-state index contributed by atoms with van der Waals surface area (Å²) in [6.07, 6.45) is 2.41. The molecule has 0 aliphatic carbocycles. The van der Waals surface area contributed by atoms with Crippen LogP contribution in [0.2, 0.25) is 0 Å². The minimum Gasteiger partial charge on any atom is -0.395 e. The van der Waals surface area contributed by atoms with Gasteiger partial charge in [0.2, 0.25) is 0 Å². The minimum absolute atomic E-state index is 0.272. The highest BCUT2D eigenvalue weighted by Crippen LogP contribution is 2.26. The Morgan fingerprint density at radius 1 is 1.30 bits per heavy atom. The number of anilines is 1. The number of benzene rings is 1. The van der Waals surface area contributed by atoms with E-state index in [1.165, 1.54) is 17.5 Å². The fraction of sp³-hybridized carbons (Fsp3) is 0.533. The molecule has 0 atom stereocenters. The zero-order chi connectivity index (χ0) is 13.8. The molecule has 1 aliphatic heterocycles. The molecule has 0 spiro atoms. The number of para-hydroxylation sites is 1. The summed E-state index contributed by atoms with van der Waals surface area (Å²) >= 11 is 1.73. The largest absolute Gasteiger partial charge is 0.395 e. The van der Waals surface area contributed by atoms with Gasteiger partial charge >= 0.3 is 0 Å². The monoisotopic (exact) mass is 291 g/mol. The number of fused-ring (bicyclic) bond motifs is 1. The normalized spacial score (nSPS) is 17.6. The molecular weight excluding hydrogens is 270 g/mol. The summed E-state index contributed by atoms with van der Waals surface area (Å²) in [5.74, 6) is 0.719. The standard InChI is InChI=1S/C15H21N3OS/c19-10-9-18-7-5-12(6-8-18)11-16-15-17-13-3-1-2-4-14(13)20-15/h1-4,12,19H,5-11H2,(H,16,17). The molecule has 1 aromatic carbocycles. The Hall–Kier alpha value is -1.17. The van der Waals surface area contributed by atoms with E-state index in [-0.39, 0.29) is 6.61 Å². The summed E-state index contributed by atoms with van der Waals surface area (Å²) in [6, 6.07) is 8.26. The van der Waals surface area contributed by atoms with Gasteiger partial charge in [-0.15, -0.1) is 0 Å². The summed E-state index contributed by atoms with van der Waals surface area (Å²) < 4.78 is 1.24. The van der Waals surface area contributed by atoms with Gasteiger partial charge in [0.05, 0.1) is 16.8 Å². The van der Waals surface area contributed by atoms with Crippen LogP contribution in [0, 0.1) is 5.92 Å². The zero-order valence-electron chi connectivity index (χ0n) is 11.6. The van der Waals surface area contributed by atoms with Crippen molar-refractivity contribution in [2.24, 2.45) is 5.92 Å². The second-order valence-electron chi connectivity index (χ2n) is 5.38. The predicted molar refractivity (Wildman–Crippen MR) is 84.4 cm³/mol. The topological polar surface area (TPSA) is 48.4 Å². The number of aromatic nitrogens is 1. The van der Waals surface area contributed by atoms with Crippen LogP contribution in [0.4, 0.5) is 5.13 Å². The number of thiazole rings is 1. The van der Waals surface area contributed by atoms with Crippen molar-refractivity contribution in [3.8, 4) is 0 Å². The summed E-state index contributed by atoms with van der Waals surface area (Å²) in [7, 11) is 0. The molecule has 0 radical (unpaired) electrons. The summed E-state index contributed by atoms with van der Waals surface area (Å²) in [4.78, 5) is 6.95. The Labute approximate surface area is 123 Å². The first kappa shape index (κ1) is 13.8. The maximum atomic E-state index is 8.94. The number of hydrogen-bond acceptors (Lipinski definition) is 5. The predicted octanol–water partition coefficient (Wildman–Crippen LogP) is 2.41. The highest BCUT2D eigenvalue weighted by molar-refractivity contribution is 7.22. The number of aliphatic hydroxyl groups excluding tert-OH is 1. The summed E-state index contributed by atoms with van der Waals surface area (Å²) in [5, 5.41) is 13.5. The van der Waals surface area contributed by atoms with Crippen LogP contribution in [0.5, 0.6) is 0 Å². The number of hydrogen-bond donors (Lipinski definition) is 2. The van der Waals surface area contributed by atoms with Gasteiger partial charge in [-0.25, -0.2) is 4.98 Å². The van der Waals surface area contributed by atoms with E-state index in [1.54, 1.807) is 11.3 Å². The Morgan fingerprint density at radius 3 is 2.85 bits per heavy atom. The number of nitrogens with zero attached hydrogens (tertiary/aromatic N) is 2. The van der Waals surface area contributed by atoms with Crippen molar-refractivity contribution in [3.05, 3.63) is 24.3 Å². The van der Waals surface area contributed by atoms with Crippen molar-refractivity contribution in [1.82, 2.24) is 9.88 Å². The fourth-order valence-electron chi connectivity index (χ4n) is 2.74. The Morgan fingerprint density at radius 2 is 2.10 bits per heavy atom. The molecule has 1 saturated heterocycles. The van der Waals surface area contributed by atoms with Gasteiger partial charge in [-0.1, -0.05) is 23.5 Å². The van der Waals surface area contributed by atoms with E-state index >= 15 is 0 Å². The van der Waals surface area contributed by atoms with E-state index < -0.39 is 0 Å². The second kappa shape index (κ2) is 6.52. The maximum Gasteiger partial charge on any atom is 0.183 e. The molecule has 2 N–H and O–H groups in total. The lowest BCUT2D eigenvalue weighted by Crippen LogP contribution is -2.37. The lowest BCUT2D eigenvalue weighted by molar-refractivity contribution is 0.151. The molecule has 20 heavy (non-hydrogen) atoms. The van der Waals surface area contributed by atoms with Crippen molar-refractivity contribution in [1.29, 1.82) is 0 Å². The van der Waals surface area contributed by atoms with Crippen LogP contribution in [0.25, 0.3) is 10.2 Å². The maximum absolute atomic E-state index is 8.94. The third kappa shape index (κ3) is 3.29. The van der Waals surface area contributed by atoms with Gasteiger partial charge in [0.1, 0.15) is 0 Å². The van der Waals surface area contributed by atoms with Crippen LogP contribution in [0.15, 0.2) is 24.3 Å². The zero-order valence-corrected chi connectivity index (χ0v) is 12.4. The van der Waals surface area contributed by atoms with Crippen LogP contribution in [-0.4, -0.2) is 47.8 Å². The van der Waals surface area contributed by atoms with Gasteiger partial charge in [0.15, 0.2) is 5.13 Å². The molecule has 0 bridgehead atoms. The van der Waals surface area contributed by atoms with Crippen LogP contribution in [0.3, 0.4) is 0 Å². The average Bonchev–Trinajstić information content (AvgIpc) is 2.90. The number of β-amino-alcohol motifs (C(OH)–C–C–N with tert-alkyl or cyclic N) is 1. The van der Waals surface area contributed by atoms with Gasteiger partial charge < -0.3 is 15.3 Å². The molecule has 1 fully saturated rings. The minimum atomic E-state index is 0.272. The number of likely N-dealkylation sites (tertiary alicyclic amines) is 1. The highest BCUT2D eigenvalue weighted by atomic mass is 32.1. The van der Waals surface area contributed by atoms with Gasteiger partial charge in [-0.2, -0.15) is 0 Å². The molecule has 4 nitrogen and oxygen atoms in total. The van der Waals surface area contributed by atoms with E-state index in [1.807, 2.05) is 6.07 Å². The van der Waals surface area contributed by atoms with Crippen LogP contribution in [0.1, 0.15) is 12.8 Å². The second-order valence-corrected chi connectivity index (χ2v) is 6.41. The van der Waals surface area contributed by atoms with Crippen molar-refractivity contribution < 1.29 is 5.11 Å². The molecule has 2 aromatic rings. The molecule has 0 saturated carbocycles. The van der Waals surface area contributed by atoms with Gasteiger partial charge in [0, 0.05) is 13.1 Å². The Bertz CT molecular complexity index is 516. The first-order valence-corrected chi connectivity index (χ1v) is 8.09. The smallest absolute Gasteiger partial charge is 0.183 e. The SMILES string of the molecule is OCCN1CCC(CNc2nc3ccccc3s2)CC1. The molecule has 2 heterocycles. The summed E-state index contributed by atoms with van der Waals surface area (Å²) in [6.45, 7) is 4.30. The third-order valence-corrected chi connectivity index (χ3v) is 4.95. The number of piperidine rings is 1. The lowest BCUT2D eigenvalue weighted by atomic mass is 9.97. The van der Waals surface area contributed by atoms with Crippen molar-refractivity contribution in [3.63, 3.8) is 0 Å². The van der Waals surface area contributed by atoms with Gasteiger partial charge in [0.25, 0.3) is 0 Å². The Balaban J connectivity index is 1.50. The molecular formula is C15H21N3OS. The molecule has 5 heteroatoms. The number of nitrogens with one attached hydrogen (secondary N) is 1. The molecule has 3 rings (SSSR count). The molecule has 108 valence electrons. The molecule has 0 unspecified atom stereocenters. The summed E-state index contributed by atoms with van der Waals surface area (Å²) in [5.41, 5.74) is 1.08. The number of aliphatic hydroxyl groups is 1. The first-order valence-electron chi connectivity index (χ1n) is 7.28. The van der Waals surface area contributed by atoms with E-state index in [0.29, 0.717) is 0 Å². The van der Waals surface area contributed by atoms with Crippen molar-refractivity contribution >= 4 is 26.7 Å². The lowest BCUT2D eigenvalue weighted by Gasteiger charge is -2.31. The number of rotatable bonds is 5. The van der Waals surface area contributed by atoms with E-state index in [9.17, 15) is 0 Å². The van der Waals surface area contributed by atoms with E-state index in [0.717, 1.165) is 42.7 Å². The average molecular weight is 291 g/mol. The van der Waals surface area contributed by atoms with Crippen molar-refractivity contribution in [2.45, 2.75) is 12.8 Å². The quantitative estimate of drug-likeness (QED) is 0.888. The first-order chi connectivity index (χ1) is 9.85.